The largest absolute Gasteiger partial charge is 0.393 e. The molecule has 2 aliphatic carbocycles. The summed E-state index contributed by atoms with van der Waals surface area (Å²) in [4.78, 5) is 31.7. The summed E-state index contributed by atoms with van der Waals surface area (Å²) < 4.78 is 0. The molecule has 7 nitrogen and oxygen atoms in total. The predicted octanol–water partition coefficient (Wildman–Crippen LogP) is 1.51. The fraction of sp³-hybridized carbons (Fsp3) is 0.706. The van der Waals surface area contributed by atoms with E-state index in [1.807, 2.05) is 0 Å². The van der Waals surface area contributed by atoms with Crippen LogP contribution in [-0.4, -0.2) is 45.1 Å². The number of hydrogen-bond acceptors (Lipinski definition) is 4. The van der Waals surface area contributed by atoms with E-state index in [9.17, 15) is 14.7 Å². The molecule has 2 aliphatic rings. The predicted molar refractivity (Wildman–Crippen MR) is 88.7 cm³/mol. The van der Waals surface area contributed by atoms with E-state index in [-0.39, 0.29) is 41.4 Å². The van der Waals surface area contributed by atoms with Crippen molar-refractivity contribution in [1.29, 1.82) is 0 Å². The Kier molecular flexibility index (Phi) is 5.50. The number of H-pyrrole nitrogens is 1. The van der Waals surface area contributed by atoms with Crippen molar-refractivity contribution in [1.82, 2.24) is 20.6 Å². The minimum absolute atomic E-state index is 0.0402. The average molecular weight is 334 g/mol. The van der Waals surface area contributed by atoms with E-state index >= 15 is 0 Å². The molecule has 2 fully saturated rings. The highest BCUT2D eigenvalue weighted by Crippen LogP contribution is 2.20. The molecule has 7 heteroatoms. The van der Waals surface area contributed by atoms with Crippen molar-refractivity contribution in [2.75, 3.05) is 0 Å². The second-order valence-electron chi connectivity index (χ2n) is 6.91. The van der Waals surface area contributed by atoms with Crippen LogP contribution >= 0.6 is 0 Å². The second-order valence-corrected chi connectivity index (χ2v) is 6.91. The molecule has 0 bridgehead atoms. The van der Waals surface area contributed by atoms with Gasteiger partial charge in [-0.15, -0.1) is 0 Å². The van der Waals surface area contributed by atoms with Gasteiger partial charge < -0.3 is 20.7 Å². The third-order valence-electron chi connectivity index (χ3n) is 5.05. The van der Waals surface area contributed by atoms with E-state index in [4.69, 9.17) is 0 Å². The zero-order valence-electron chi connectivity index (χ0n) is 13.9. The molecule has 0 saturated heterocycles. The number of hydrogen-bond donors (Lipinski definition) is 4. The molecule has 0 aliphatic heterocycles. The van der Waals surface area contributed by atoms with E-state index in [0.29, 0.717) is 12.8 Å². The highest BCUT2D eigenvalue weighted by Gasteiger charge is 2.26. The van der Waals surface area contributed by atoms with Gasteiger partial charge in [0.15, 0.2) is 5.69 Å². The van der Waals surface area contributed by atoms with Crippen LogP contribution in [-0.2, 0) is 0 Å². The van der Waals surface area contributed by atoms with E-state index in [2.05, 4.69) is 20.6 Å². The molecule has 2 amide bonds. The fourth-order valence-electron chi connectivity index (χ4n) is 3.62. The standard InChI is InChI=1S/C17H26N4O3/c22-13-8-6-12(7-9-13)21-17(24)15-14(18-10-19-15)16(23)20-11-4-2-1-3-5-11/h10-13,22H,1-9H2,(H,18,19)(H,20,23)(H,21,24). The van der Waals surface area contributed by atoms with Crippen molar-refractivity contribution in [3.8, 4) is 0 Å². The van der Waals surface area contributed by atoms with Crippen LogP contribution in [0.3, 0.4) is 0 Å². The highest BCUT2D eigenvalue weighted by atomic mass is 16.3. The molecule has 4 N–H and O–H groups in total. The van der Waals surface area contributed by atoms with Gasteiger partial charge in [-0.1, -0.05) is 19.3 Å². The molecule has 3 rings (SSSR count). The Labute approximate surface area is 141 Å². The number of carbonyl (C=O) groups is 2. The Morgan fingerprint density at radius 2 is 1.58 bits per heavy atom. The SMILES string of the molecule is O=C(NC1CCCCC1)c1nc[nH]c1C(=O)NC1CCC(O)CC1. The maximum Gasteiger partial charge on any atom is 0.272 e. The van der Waals surface area contributed by atoms with Gasteiger partial charge in [-0.05, 0) is 38.5 Å². The van der Waals surface area contributed by atoms with Crippen LogP contribution in [0.5, 0.6) is 0 Å². The molecule has 0 aromatic carbocycles. The van der Waals surface area contributed by atoms with Crippen LogP contribution in [0.25, 0.3) is 0 Å². The van der Waals surface area contributed by atoms with Crippen LogP contribution < -0.4 is 10.6 Å². The molecule has 24 heavy (non-hydrogen) atoms. The van der Waals surface area contributed by atoms with E-state index < -0.39 is 0 Å². The van der Waals surface area contributed by atoms with Gasteiger partial charge in [0.05, 0.1) is 12.4 Å². The summed E-state index contributed by atoms with van der Waals surface area (Å²) in [6, 6.07) is 0.220. The third-order valence-corrected chi connectivity index (χ3v) is 5.05. The van der Waals surface area contributed by atoms with E-state index in [1.165, 1.54) is 12.7 Å². The Bertz CT molecular complexity index is 572. The smallest absolute Gasteiger partial charge is 0.272 e. The molecule has 0 radical (unpaired) electrons. The lowest BCUT2D eigenvalue weighted by molar-refractivity contribution is 0.0849. The molecular weight excluding hydrogens is 308 g/mol. The van der Waals surface area contributed by atoms with Crippen LogP contribution in [0.15, 0.2) is 6.33 Å². The molecule has 0 unspecified atom stereocenters. The first-order valence-electron chi connectivity index (χ1n) is 8.96. The first-order chi connectivity index (χ1) is 11.6. The summed E-state index contributed by atoms with van der Waals surface area (Å²) in [6.07, 6.45) is 9.49. The van der Waals surface area contributed by atoms with Gasteiger partial charge in [-0.3, -0.25) is 9.59 Å². The molecule has 132 valence electrons. The maximum absolute atomic E-state index is 12.4. The van der Waals surface area contributed by atoms with Crippen molar-refractivity contribution in [2.45, 2.75) is 76.0 Å². The molecule has 1 heterocycles. The Balaban J connectivity index is 1.59. The first-order valence-corrected chi connectivity index (χ1v) is 8.96. The summed E-state index contributed by atoms with van der Waals surface area (Å²) in [6.45, 7) is 0. The third kappa shape index (κ3) is 4.14. The molecule has 1 aromatic rings. The molecule has 1 aromatic heterocycles. The van der Waals surface area contributed by atoms with E-state index in [1.54, 1.807) is 0 Å². The van der Waals surface area contributed by atoms with Crippen LogP contribution in [0.4, 0.5) is 0 Å². The fourth-order valence-corrected chi connectivity index (χ4v) is 3.62. The number of rotatable bonds is 4. The number of carbonyl (C=O) groups excluding carboxylic acids is 2. The highest BCUT2D eigenvalue weighted by molar-refractivity contribution is 6.04. The normalized spacial score (nSPS) is 25.2. The van der Waals surface area contributed by atoms with Gasteiger partial charge in [-0.2, -0.15) is 0 Å². The lowest BCUT2D eigenvalue weighted by Gasteiger charge is -2.26. The number of nitrogens with one attached hydrogen (secondary N) is 3. The average Bonchev–Trinajstić information content (AvgIpc) is 3.08. The summed E-state index contributed by atoms with van der Waals surface area (Å²) in [5.74, 6) is -0.588. The van der Waals surface area contributed by atoms with E-state index in [0.717, 1.165) is 38.5 Å². The summed E-state index contributed by atoms with van der Waals surface area (Å²) >= 11 is 0. The zero-order valence-corrected chi connectivity index (χ0v) is 13.9. The van der Waals surface area contributed by atoms with Crippen molar-refractivity contribution in [2.24, 2.45) is 0 Å². The summed E-state index contributed by atoms with van der Waals surface area (Å²) in [5, 5.41) is 15.5. The van der Waals surface area contributed by atoms with Crippen molar-refractivity contribution in [3.05, 3.63) is 17.7 Å². The Morgan fingerprint density at radius 3 is 2.29 bits per heavy atom. The maximum atomic E-state index is 12.4. The Morgan fingerprint density at radius 1 is 0.958 bits per heavy atom. The van der Waals surface area contributed by atoms with Crippen LogP contribution in [0.2, 0.25) is 0 Å². The molecule has 0 spiro atoms. The topological polar surface area (TPSA) is 107 Å². The molecule has 2 saturated carbocycles. The van der Waals surface area contributed by atoms with Gasteiger partial charge in [0, 0.05) is 12.1 Å². The lowest BCUT2D eigenvalue weighted by Crippen LogP contribution is -2.40. The van der Waals surface area contributed by atoms with Crippen molar-refractivity contribution in [3.63, 3.8) is 0 Å². The van der Waals surface area contributed by atoms with Crippen molar-refractivity contribution >= 4 is 11.8 Å². The number of aromatic nitrogens is 2. The number of aliphatic hydroxyl groups is 1. The minimum Gasteiger partial charge on any atom is -0.393 e. The van der Waals surface area contributed by atoms with Crippen LogP contribution in [0.1, 0.15) is 78.8 Å². The lowest BCUT2D eigenvalue weighted by atomic mass is 9.93. The van der Waals surface area contributed by atoms with Gasteiger partial charge in [0.2, 0.25) is 0 Å². The Hall–Kier alpha value is -1.89. The quantitative estimate of drug-likeness (QED) is 0.669. The van der Waals surface area contributed by atoms with Crippen LogP contribution in [0, 0.1) is 0 Å². The van der Waals surface area contributed by atoms with Gasteiger partial charge in [0.1, 0.15) is 5.69 Å². The minimum atomic E-state index is -0.303. The van der Waals surface area contributed by atoms with Crippen molar-refractivity contribution < 1.29 is 14.7 Å². The summed E-state index contributed by atoms with van der Waals surface area (Å²) in [7, 11) is 0. The first kappa shape index (κ1) is 17.0. The number of aliphatic hydroxyl groups excluding tert-OH is 1. The monoisotopic (exact) mass is 334 g/mol. The van der Waals surface area contributed by atoms with Gasteiger partial charge >= 0.3 is 0 Å². The second kappa shape index (κ2) is 7.79. The summed E-state index contributed by atoms with van der Waals surface area (Å²) in [5.41, 5.74) is 0.378. The number of aromatic amines is 1. The zero-order chi connectivity index (χ0) is 16.9. The number of imidazole rings is 1. The number of nitrogens with zero attached hydrogens (tertiary/aromatic N) is 1. The number of amides is 2. The van der Waals surface area contributed by atoms with Gasteiger partial charge in [0.25, 0.3) is 11.8 Å². The molecular formula is C17H26N4O3. The molecule has 0 atom stereocenters. The van der Waals surface area contributed by atoms with Gasteiger partial charge in [-0.25, -0.2) is 4.98 Å².